The number of nitrogens with zero attached hydrogens (tertiary/aromatic N) is 2. The molecule has 10 heteroatoms. The van der Waals surface area contributed by atoms with Crippen molar-refractivity contribution >= 4 is 34.4 Å². The van der Waals surface area contributed by atoms with Gasteiger partial charge >= 0.3 is 6.18 Å². The van der Waals surface area contributed by atoms with Crippen molar-refractivity contribution in [2.75, 3.05) is 5.32 Å². The number of rotatable bonds is 4. The van der Waals surface area contributed by atoms with Crippen LogP contribution >= 0.6 is 12.2 Å². The first-order valence-electron chi connectivity index (χ1n) is 7.20. The summed E-state index contributed by atoms with van der Waals surface area (Å²) >= 11 is 4.99. The van der Waals surface area contributed by atoms with Crippen molar-refractivity contribution in [2.45, 2.75) is 13.1 Å². The summed E-state index contributed by atoms with van der Waals surface area (Å²) in [6.07, 6.45) is -4.45. The van der Waals surface area contributed by atoms with E-state index in [-0.39, 0.29) is 16.5 Å². The van der Waals surface area contributed by atoms with Gasteiger partial charge in [-0.3, -0.25) is 15.5 Å². The average molecular weight is 382 g/mol. The largest absolute Gasteiger partial charge is 0.416 e. The molecule has 26 heavy (non-hydrogen) atoms. The quantitative estimate of drug-likeness (QED) is 0.356. The highest BCUT2D eigenvalue weighted by atomic mass is 32.1. The maximum absolute atomic E-state index is 12.7. The molecule has 2 aromatic carbocycles. The third-order valence-electron chi connectivity index (χ3n) is 3.25. The lowest BCUT2D eigenvalue weighted by atomic mass is 10.1. The molecule has 0 saturated heterocycles. The number of hydrogen-bond donors (Lipinski definition) is 2. The minimum absolute atomic E-state index is 0.0193. The highest BCUT2D eigenvalue weighted by molar-refractivity contribution is 7.80. The summed E-state index contributed by atoms with van der Waals surface area (Å²) in [7, 11) is 0. The molecule has 2 aromatic rings. The van der Waals surface area contributed by atoms with Gasteiger partial charge in [0.2, 0.25) is 0 Å². The number of halogens is 3. The number of anilines is 1. The lowest BCUT2D eigenvalue weighted by Crippen LogP contribution is -2.25. The molecule has 136 valence electrons. The lowest BCUT2D eigenvalue weighted by Gasteiger charge is -2.11. The minimum atomic E-state index is -4.45. The molecule has 0 heterocycles. The number of nitro groups is 1. The van der Waals surface area contributed by atoms with Crippen molar-refractivity contribution in [3.63, 3.8) is 0 Å². The Bertz CT molecular complexity index is 869. The highest BCUT2D eigenvalue weighted by Gasteiger charge is 2.30. The Kier molecular flexibility index (Phi) is 5.88. The van der Waals surface area contributed by atoms with Gasteiger partial charge < -0.3 is 5.32 Å². The van der Waals surface area contributed by atoms with Gasteiger partial charge in [0.25, 0.3) is 5.69 Å². The summed E-state index contributed by atoms with van der Waals surface area (Å²) in [6.45, 7) is 1.61. The van der Waals surface area contributed by atoms with Crippen LogP contribution in [0.5, 0.6) is 0 Å². The molecule has 0 aliphatic rings. The first-order chi connectivity index (χ1) is 12.2. The maximum atomic E-state index is 12.7. The molecule has 0 atom stereocenters. The van der Waals surface area contributed by atoms with Crippen LogP contribution in [0, 0.1) is 10.1 Å². The molecule has 0 aliphatic heterocycles. The Labute approximate surface area is 151 Å². The lowest BCUT2D eigenvalue weighted by molar-refractivity contribution is -0.384. The molecule has 0 fully saturated rings. The maximum Gasteiger partial charge on any atom is 0.416 e. The Hall–Kier alpha value is -3.01. The summed E-state index contributed by atoms with van der Waals surface area (Å²) in [6, 6.07) is 10.4. The van der Waals surface area contributed by atoms with Gasteiger partial charge in [0, 0.05) is 23.4 Å². The zero-order chi connectivity index (χ0) is 19.3. The number of alkyl halides is 3. The van der Waals surface area contributed by atoms with E-state index in [0.717, 1.165) is 12.1 Å². The molecular weight excluding hydrogens is 369 g/mol. The van der Waals surface area contributed by atoms with Crippen molar-refractivity contribution in [1.29, 1.82) is 0 Å². The average Bonchev–Trinajstić information content (AvgIpc) is 2.59. The SMILES string of the molecule is C/C(=N/NC(=S)Nc1cccc(C(F)(F)F)c1)c1cccc([N+](=O)[O-])c1. The molecule has 0 bridgehead atoms. The van der Waals surface area contributed by atoms with Gasteiger partial charge in [0.15, 0.2) is 5.11 Å². The predicted octanol–water partition coefficient (Wildman–Crippen LogP) is 4.32. The van der Waals surface area contributed by atoms with E-state index >= 15 is 0 Å². The molecule has 0 aliphatic carbocycles. The summed E-state index contributed by atoms with van der Waals surface area (Å²) in [5, 5.41) is 17.3. The van der Waals surface area contributed by atoms with Crippen LogP contribution in [0.3, 0.4) is 0 Å². The monoisotopic (exact) mass is 382 g/mol. The van der Waals surface area contributed by atoms with E-state index < -0.39 is 16.7 Å². The summed E-state index contributed by atoms with van der Waals surface area (Å²) in [5.74, 6) is 0. The molecule has 0 unspecified atom stereocenters. The Balaban J connectivity index is 2.05. The smallest absolute Gasteiger partial charge is 0.331 e. The van der Waals surface area contributed by atoms with Crippen molar-refractivity contribution < 1.29 is 18.1 Å². The van der Waals surface area contributed by atoms with E-state index in [1.165, 1.54) is 30.3 Å². The van der Waals surface area contributed by atoms with E-state index in [1.54, 1.807) is 13.0 Å². The molecule has 2 N–H and O–H groups in total. The molecule has 0 spiro atoms. The van der Waals surface area contributed by atoms with E-state index in [0.29, 0.717) is 11.3 Å². The van der Waals surface area contributed by atoms with Gasteiger partial charge in [0.1, 0.15) is 0 Å². The first-order valence-corrected chi connectivity index (χ1v) is 7.61. The van der Waals surface area contributed by atoms with Crippen LogP contribution in [0.4, 0.5) is 24.5 Å². The van der Waals surface area contributed by atoms with Crippen molar-refractivity contribution in [1.82, 2.24) is 5.43 Å². The molecule has 0 aromatic heterocycles. The number of nitrogens with one attached hydrogen (secondary N) is 2. The van der Waals surface area contributed by atoms with Crippen LogP contribution < -0.4 is 10.7 Å². The molecular formula is C16H13F3N4O2S. The highest BCUT2D eigenvalue weighted by Crippen LogP contribution is 2.30. The predicted molar refractivity (Wildman–Crippen MR) is 96.1 cm³/mol. The zero-order valence-corrected chi connectivity index (χ0v) is 14.2. The van der Waals surface area contributed by atoms with E-state index in [4.69, 9.17) is 12.2 Å². The number of hydrazone groups is 1. The Morgan fingerprint density at radius 3 is 2.54 bits per heavy atom. The fourth-order valence-corrected chi connectivity index (χ4v) is 2.14. The van der Waals surface area contributed by atoms with Gasteiger partial charge in [-0.05, 0) is 37.3 Å². The number of thiocarbonyl (C=S) groups is 1. The fourth-order valence-electron chi connectivity index (χ4n) is 1.98. The van der Waals surface area contributed by atoms with Crippen LogP contribution in [-0.4, -0.2) is 15.7 Å². The normalized spacial score (nSPS) is 11.8. The molecule has 6 nitrogen and oxygen atoms in total. The number of benzene rings is 2. The van der Waals surface area contributed by atoms with Crippen LogP contribution in [0.2, 0.25) is 0 Å². The minimum Gasteiger partial charge on any atom is -0.331 e. The van der Waals surface area contributed by atoms with Gasteiger partial charge in [-0.15, -0.1) is 0 Å². The fraction of sp³-hybridized carbons (Fsp3) is 0.125. The van der Waals surface area contributed by atoms with E-state index in [2.05, 4.69) is 15.8 Å². The van der Waals surface area contributed by atoms with Crippen molar-refractivity contribution in [3.05, 3.63) is 69.8 Å². The number of hydrogen-bond acceptors (Lipinski definition) is 4. The molecule has 0 amide bonds. The molecule has 0 radical (unpaired) electrons. The van der Waals surface area contributed by atoms with Crippen LogP contribution in [0.25, 0.3) is 0 Å². The first kappa shape index (κ1) is 19.3. The summed E-state index contributed by atoms with van der Waals surface area (Å²) in [4.78, 5) is 10.3. The zero-order valence-electron chi connectivity index (χ0n) is 13.4. The number of non-ortho nitro benzene ring substituents is 1. The van der Waals surface area contributed by atoms with Gasteiger partial charge in [-0.2, -0.15) is 18.3 Å². The second-order valence-corrected chi connectivity index (χ2v) is 5.56. The van der Waals surface area contributed by atoms with Crippen molar-refractivity contribution in [2.24, 2.45) is 5.10 Å². The van der Waals surface area contributed by atoms with Crippen LogP contribution in [0.1, 0.15) is 18.1 Å². The summed E-state index contributed by atoms with van der Waals surface area (Å²) in [5.41, 5.74) is 2.69. The number of nitro benzene ring substituents is 1. The topological polar surface area (TPSA) is 79.6 Å². The molecule has 2 rings (SSSR count). The van der Waals surface area contributed by atoms with Crippen LogP contribution in [0.15, 0.2) is 53.6 Å². The standard InChI is InChI=1S/C16H13F3N4O2S/c1-10(11-4-2-7-14(8-11)23(24)25)21-22-15(26)20-13-6-3-5-12(9-13)16(17,18)19/h2-9H,1H3,(H2,20,22,26)/b21-10-. The third-order valence-corrected chi connectivity index (χ3v) is 3.44. The third kappa shape index (κ3) is 5.24. The second kappa shape index (κ2) is 7.91. The van der Waals surface area contributed by atoms with Gasteiger partial charge in [0.05, 0.1) is 16.2 Å². The van der Waals surface area contributed by atoms with Crippen LogP contribution in [-0.2, 0) is 6.18 Å². The van der Waals surface area contributed by atoms with E-state index in [1.807, 2.05) is 0 Å². The van der Waals surface area contributed by atoms with E-state index in [9.17, 15) is 23.3 Å². The van der Waals surface area contributed by atoms with Gasteiger partial charge in [-0.1, -0.05) is 18.2 Å². The second-order valence-electron chi connectivity index (χ2n) is 5.15. The molecule has 0 saturated carbocycles. The Morgan fingerprint density at radius 2 is 1.88 bits per heavy atom. The summed E-state index contributed by atoms with van der Waals surface area (Å²) < 4.78 is 38.1. The van der Waals surface area contributed by atoms with Crippen molar-refractivity contribution in [3.8, 4) is 0 Å². The Morgan fingerprint density at radius 1 is 1.19 bits per heavy atom. The van der Waals surface area contributed by atoms with Gasteiger partial charge in [-0.25, -0.2) is 0 Å².